The number of hydrogen-bond donors (Lipinski definition) is 1. The lowest BCUT2D eigenvalue weighted by Gasteiger charge is -2.12. The number of nitrogens with zero attached hydrogens (tertiary/aromatic N) is 1. The van der Waals surface area contributed by atoms with Crippen LogP contribution in [0.3, 0.4) is 0 Å². The quantitative estimate of drug-likeness (QED) is 0.929. The molecule has 2 heterocycles. The van der Waals surface area contributed by atoms with Gasteiger partial charge in [-0.1, -0.05) is 0 Å². The van der Waals surface area contributed by atoms with E-state index in [2.05, 4.69) is 4.98 Å². The number of hydrogen-bond acceptors (Lipinski definition) is 6. The molecule has 1 aliphatic heterocycles. The summed E-state index contributed by atoms with van der Waals surface area (Å²) in [4.78, 5) is 4.17. The van der Waals surface area contributed by atoms with Gasteiger partial charge in [-0.3, -0.25) is 0 Å². The predicted octanol–water partition coefficient (Wildman–Crippen LogP) is 2.16. The largest absolute Gasteiger partial charge is 0.493 e. The van der Waals surface area contributed by atoms with Gasteiger partial charge in [0.2, 0.25) is 12.5 Å². The van der Waals surface area contributed by atoms with Crippen molar-refractivity contribution >= 4 is 11.3 Å². The fraction of sp³-hybridized carbons (Fsp3) is 0.308. The van der Waals surface area contributed by atoms with E-state index in [1.165, 1.54) is 11.3 Å². The van der Waals surface area contributed by atoms with Crippen LogP contribution in [0.25, 0.3) is 0 Å². The first-order valence-electron chi connectivity index (χ1n) is 5.82. The van der Waals surface area contributed by atoms with Gasteiger partial charge in [-0.15, -0.1) is 11.3 Å². The number of benzene rings is 1. The number of aromatic nitrogens is 1. The molecule has 1 aromatic heterocycles. The summed E-state index contributed by atoms with van der Waals surface area (Å²) in [6, 6.07) is 3.55. The Kier molecular flexibility index (Phi) is 3.27. The van der Waals surface area contributed by atoms with Crippen molar-refractivity contribution in [1.29, 1.82) is 0 Å². The molecule has 100 valence electrons. The molecule has 0 spiro atoms. The number of thiazole rings is 1. The molecule has 5 nitrogen and oxygen atoms in total. The Labute approximate surface area is 114 Å². The summed E-state index contributed by atoms with van der Waals surface area (Å²) < 4.78 is 15.9. The first-order valence-corrected chi connectivity index (χ1v) is 6.70. The van der Waals surface area contributed by atoms with Gasteiger partial charge in [0.05, 0.1) is 18.2 Å². The van der Waals surface area contributed by atoms with Gasteiger partial charge in [-0.05, 0) is 17.7 Å². The van der Waals surface area contributed by atoms with Crippen LogP contribution in [-0.4, -0.2) is 24.0 Å². The van der Waals surface area contributed by atoms with Gasteiger partial charge in [-0.25, -0.2) is 4.98 Å². The van der Waals surface area contributed by atoms with E-state index in [0.29, 0.717) is 23.7 Å². The molecular formula is C13H13NO4S. The lowest BCUT2D eigenvalue weighted by Crippen LogP contribution is -2.02. The van der Waals surface area contributed by atoms with Gasteiger partial charge < -0.3 is 19.3 Å². The third-order valence-electron chi connectivity index (χ3n) is 2.92. The number of fused-ring (bicyclic) bond motifs is 1. The molecule has 0 saturated heterocycles. The van der Waals surface area contributed by atoms with Gasteiger partial charge in [0.15, 0.2) is 11.5 Å². The van der Waals surface area contributed by atoms with Crippen molar-refractivity contribution in [3.05, 3.63) is 34.3 Å². The minimum absolute atomic E-state index is 0.178. The fourth-order valence-electron chi connectivity index (χ4n) is 1.98. The third-order valence-corrected chi connectivity index (χ3v) is 3.72. The molecule has 6 heteroatoms. The Balaban J connectivity index is 1.88. The van der Waals surface area contributed by atoms with Gasteiger partial charge in [0.1, 0.15) is 0 Å². The van der Waals surface area contributed by atoms with Crippen LogP contribution in [0.5, 0.6) is 17.2 Å². The summed E-state index contributed by atoms with van der Waals surface area (Å²) in [6.45, 7) is 0.178. The van der Waals surface area contributed by atoms with Crippen LogP contribution in [0.4, 0.5) is 0 Å². The summed E-state index contributed by atoms with van der Waals surface area (Å²) >= 11 is 1.52. The molecule has 1 atom stereocenters. The Morgan fingerprint density at radius 3 is 3.11 bits per heavy atom. The molecule has 2 aromatic rings. The first-order chi connectivity index (χ1) is 9.28. The zero-order valence-electron chi connectivity index (χ0n) is 10.3. The van der Waals surface area contributed by atoms with E-state index in [-0.39, 0.29) is 6.79 Å². The Hall–Kier alpha value is -1.79. The number of ether oxygens (including phenoxy) is 3. The van der Waals surface area contributed by atoms with Gasteiger partial charge in [-0.2, -0.15) is 0 Å². The summed E-state index contributed by atoms with van der Waals surface area (Å²) in [5.41, 5.74) is 0.733. The highest BCUT2D eigenvalue weighted by atomic mass is 32.1. The van der Waals surface area contributed by atoms with E-state index in [9.17, 15) is 5.11 Å². The summed E-state index contributed by atoms with van der Waals surface area (Å²) in [7, 11) is 1.56. The maximum Gasteiger partial charge on any atom is 0.231 e. The van der Waals surface area contributed by atoms with Gasteiger partial charge in [0, 0.05) is 18.0 Å². The highest BCUT2D eigenvalue weighted by molar-refractivity contribution is 7.09. The lowest BCUT2D eigenvalue weighted by atomic mass is 10.1. The molecular weight excluding hydrogens is 266 g/mol. The number of rotatable bonds is 4. The Morgan fingerprint density at radius 1 is 1.47 bits per heavy atom. The molecule has 1 N–H and O–H groups in total. The molecule has 1 unspecified atom stereocenters. The third kappa shape index (κ3) is 2.36. The topological polar surface area (TPSA) is 60.8 Å². The zero-order valence-corrected chi connectivity index (χ0v) is 11.1. The Bertz CT molecular complexity index is 570. The van der Waals surface area contributed by atoms with Crippen molar-refractivity contribution in [2.45, 2.75) is 12.5 Å². The number of methoxy groups -OCH3 is 1. The van der Waals surface area contributed by atoms with E-state index in [0.717, 1.165) is 10.6 Å². The monoisotopic (exact) mass is 279 g/mol. The van der Waals surface area contributed by atoms with Crippen molar-refractivity contribution in [2.24, 2.45) is 0 Å². The smallest absolute Gasteiger partial charge is 0.231 e. The molecule has 1 aromatic carbocycles. The second-order valence-corrected chi connectivity index (χ2v) is 5.08. The van der Waals surface area contributed by atoms with Crippen molar-refractivity contribution in [3.8, 4) is 17.2 Å². The van der Waals surface area contributed by atoms with E-state index in [4.69, 9.17) is 14.2 Å². The van der Waals surface area contributed by atoms with Crippen LogP contribution in [0.15, 0.2) is 23.7 Å². The normalized spacial score (nSPS) is 14.4. The van der Waals surface area contributed by atoms with Crippen molar-refractivity contribution < 1.29 is 19.3 Å². The van der Waals surface area contributed by atoms with Crippen molar-refractivity contribution in [2.75, 3.05) is 13.9 Å². The molecule has 0 fully saturated rings. The van der Waals surface area contributed by atoms with E-state index in [1.807, 2.05) is 5.38 Å². The van der Waals surface area contributed by atoms with Crippen LogP contribution >= 0.6 is 11.3 Å². The highest BCUT2D eigenvalue weighted by Crippen LogP contribution is 2.43. The van der Waals surface area contributed by atoms with Crippen LogP contribution in [0.1, 0.15) is 16.7 Å². The van der Waals surface area contributed by atoms with Crippen molar-refractivity contribution in [3.63, 3.8) is 0 Å². The second-order valence-electron chi connectivity index (χ2n) is 4.10. The maximum absolute atomic E-state index is 10.3. The average molecular weight is 279 g/mol. The predicted molar refractivity (Wildman–Crippen MR) is 69.9 cm³/mol. The van der Waals surface area contributed by atoms with E-state index in [1.54, 1.807) is 25.4 Å². The molecule has 0 bridgehead atoms. The fourth-order valence-corrected chi connectivity index (χ4v) is 2.63. The van der Waals surface area contributed by atoms with Gasteiger partial charge >= 0.3 is 0 Å². The molecule has 0 radical (unpaired) electrons. The number of aliphatic hydroxyl groups is 1. The lowest BCUT2D eigenvalue weighted by molar-refractivity contribution is 0.170. The maximum atomic E-state index is 10.3. The van der Waals surface area contributed by atoms with Crippen LogP contribution in [0, 0.1) is 0 Å². The molecule has 0 saturated carbocycles. The molecule has 0 aliphatic carbocycles. The second kappa shape index (κ2) is 5.07. The molecule has 0 amide bonds. The average Bonchev–Trinajstić information content (AvgIpc) is 3.07. The van der Waals surface area contributed by atoms with Crippen molar-refractivity contribution in [1.82, 2.24) is 4.98 Å². The number of aliphatic hydroxyl groups excluding tert-OH is 1. The van der Waals surface area contributed by atoms with E-state index >= 15 is 0 Å². The highest BCUT2D eigenvalue weighted by Gasteiger charge is 2.22. The summed E-state index contributed by atoms with van der Waals surface area (Å²) in [5, 5.41) is 13.0. The Morgan fingerprint density at radius 2 is 2.37 bits per heavy atom. The standard InChI is InChI=1S/C13H13NO4S/c1-16-10-4-8(5-11-13(10)18-7-17-11)9(15)6-12-14-2-3-19-12/h2-5,9,15H,6-7H2,1H3. The molecule has 19 heavy (non-hydrogen) atoms. The first kappa shape index (κ1) is 12.3. The molecule has 1 aliphatic rings. The zero-order chi connectivity index (χ0) is 13.2. The van der Waals surface area contributed by atoms with Gasteiger partial charge in [0.25, 0.3) is 0 Å². The summed E-state index contributed by atoms with van der Waals surface area (Å²) in [5.74, 6) is 1.77. The van der Waals surface area contributed by atoms with Crippen LogP contribution in [0.2, 0.25) is 0 Å². The minimum atomic E-state index is -0.644. The minimum Gasteiger partial charge on any atom is -0.493 e. The summed E-state index contributed by atoms with van der Waals surface area (Å²) in [6.07, 6.45) is 1.56. The molecule has 3 rings (SSSR count). The van der Waals surface area contributed by atoms with Crippen LogP contribution < -0.4 is 14.2 Å². The SMILES string of the molecule is COc1cc(C(O)Cc2nccs2)cc2c1OCO2. The van der Waals surface area contributed by atoms with E-state index < -0.39 is 6.10 Å². The van der Waals surface area contributed by atoms with Crippen LogP contribution in [-0.2, 0) is 6.42 Å².